The summed E-state index contributed by atoms with van der Waals surface area (Å²) in [4.78, 5) is 13.1. The second-order valence-electron chi connectivity index (χ2n) is 3.58. The predicted octanol–water partition coefficient (Wildman–Crippen LogP) is 2.19. The Labute approximate surface area is 96.2 Å². The van der Waals surface area contributed by atoms with Crippen LogP contribution in [0.2, 0.25) is 0 Å². The third-order valence-electron chi connectivity index (χ3n) is 2.33. The topological polar surface area (TPSA) is 67.6 Å². The van der Waals surface area contributed by atoms with Crippen LogP contribution in [0.1, 0.15) is 10.7 Å². The second-order valence-corrected chi connectivity index (χ2v) is 4.61. The second kappa shape index (κ2) is 3.61. The largest absolute Gasteiger partial charge is 0.397 e. The van der Waals surface area contributed by atoms with E-state index >= 15 is 0 Å². The van der Waals surface area contributed by atoms with Gasteiger partial charge in [0.15, 0.2) is 5.65 Å². The van der Waals surface area contributed by atoms with Gasteiger partial charge in [-0.1, -0.05) is 6.07 Å². The molecular formula is C11H10N4S. The minimum atomic E-state index is 0.652. The molecule has 5 heteroatoms. The number of aromatic amines is 1. The molecule has 0 fully saturated rings. The smallest absolute Gasteiger partial charge is 0.177 e. The Balaban J connectivity index is 1.99. The summed E-state index contributed by atoms with van der Waals surface area (Å²) in [6, 6.07) is 5.99. The lowest BCUT2D eigenvalue weighted by atomic mass is 10.3. The Bertz CT molecular complexity index is 612. The highest BCUT2D eigenvalue weighted by atomic mass is 32.1. The van der Waals surface area contributed by atoms with E-state index in [1.807, 2.05) is 12.1 Å². The number of rotatable bonds is 2. The molecule has 3 heterocycles. The van der Waals surface area contributed by atoms with E-state index in [0.717, 1.165) is 23.4 Å². The number of hydrogen-bond donors (Lipinski definition) is 2. The maximum atomic E-state index is 5.66. The van der Waals surface area contributed by atoms with Gasteiger partial charge in [0, 0.05) is 11.3 Å². The third-order valence-corrected chi connectivity index (χ3v) is 3.21. The molecule has 0 radical (unpaired) electrons. The molecule has 16 heavy (non-hydrogen) atoms. The summed E-state index contributed by atoms with van der Waals surface area (Å²) < 4.78 is 0. The molecule has 0 atom stereocenters. The number of imidazole rings is 1. The molecule has 0 aliphatic rings. The summed E-state index contributed by atoms with van der Waals surface area (Å²) >= 11 is 1.73. The van der Waals surface area contributed by atoms with E-state index in [4.69, 9.17) is 5.73 Å². The van der Waals surface area contributed by atoms with Gasteiger partial charge < -0.3 is 10.7 Å². The van der Waals surface area contributed by atoms with Crippen molar-refractivity contribution in [1.29, 1.82) is 0 Å². The zero-order chi connectivity index (χ0) is 11.0. The highest BCUT2D eigenvalue weighted by molar-refractivity contribution is 7.09. The molecule has 0 unspecified atom stereocenters. The minimum Gasteiger partial charge on any atom is -0.397 e. The Morgan fingerprint density at radius 3 is 3.19 bits per heavy atom. The number of H-pyrrole nitrogens is 1. The number of nitrogens with two attached hydrogens (primary N) is 1. The van der Waals surface area contributed by atoms with Gasteiger partial charge in [0.25, 0.3) is 0 Å². The molecule has 0 aliphatic heterocycles. The first kappa shape index (κ1) is 9.35. The average Bonchev–Trinajstić information content (AvgIpc) is 2.86. The van der Waals surface area contributed by atoms with E-state index in [9.17, 15) is 0 Å². The molecule has 3 N–H and O–H groups in total. The molecule has 3 aromatic heterocycles. The summed E-state index contributed by atoms with van der Waals surface area (Å²) in [6.45, 7) is 0. The van der Waals surface area contributed by atoms with Crippen molar-refractivity contribution in [1.82, 2.24) is 15.0 Å². The van der Waals surface area contributed by atoms with Gasteiger partial charge in [-0.25, -0.2) is 9.97 Å². The normalized spacial score (nSPS) is 11.0. The molecular weight excluding hydrogens is 220 g/mol. The molecule has 80 valence electrons. The third kappa shape index (κ3) is 1.65. The number of fused-ring (bicyclic) bond motifs is 1. The first-order valence-electron chi connectivity index (χ1n) is 4.94. The van der Waals surface area contributed by atoms with E-state index in [2.05, 4.69) is 26.4 Å². The van der Waals surface area contributed by atoms with Crippen LogP contribution in [0.15, 0.2) is 29.8 Å². The Hall–Kier alpha value is -1.88. The van der Waals surface area contributed by atoms with Crippen molar-refractivity contribution >= 4 is 28.2 Å². The van der Waals surface area contributed by atoms with Crippen molar-refractivity contribution in [3.05, 3.63) is 40.5 Å². The maximum Gasteiger partial charge on any atom is 0.177 e. The van der Waals surface area contributed by atoms with Crippen LogP contribution < -0.4 is 5.73 Å². The number of hydrogen-bond acceptors (Lipinski definition) is 4. The van der Waals surface area contributed by atoms with Crippen LogP contribution in [-0.4, -0.2) is 15.0 Å². The molecule has 0 aliphatic carbocycles. The van der Waals surface area contributed by atoms with Gasteiger partial charge in [0.1, 0.15) is 5.82 Å². The first-order chi connectivity index (χ1) is 7.81. The van der Waals surface area contributed by atoms with Crippen LogP contribution in [0.3, 0.4) is 0 Å². The van der Waals surface area contributed by atoms with Gasteiger partial charge >= 0.3 is 0 Å². The number of nitrogens with zero attached hydrogens (tertiary/aromatic N) is 2. The molecule has 3 rings (SSSR count). The van der Waals surface area contributed by atoms with Crippen LogP contribution in [0.5, 0.6) is 0 Å². The first-order valence-corrected chi connectivity index (χ1v) is 5.82. The van der Waals surface area contributed by atoms with Gasteiger partial charge in [-0.3, -0.25) is 0 Å². The molecule has 0 saturated heterocycles. The maximum absolute atomic E-state index is 5.66. The van der Waals surface area contributed by atoms with Crippen LogP contribution in [0, 0.1) is 0 Å². The van der Waals surface area contributed by atoms with Crippen LogP contribution >= 0.6 is 11.3 Å². The van der Waals surface area contributed by atoms with Crippen molar-refractivity contribution in [3.63, 3.8) is 0 Å². The van der Waals surface area contributed by atoms with Crippen LogP contribution in [-0.2, 0) is 6.42 Å². The fourth-order valence-electron chi connectivity index (χ4n) is 1.63. The van der Waals surface area contributed by atoms with Gasteiger partial charge in [0.2, 0.25) is 0 Å². The summed E-state index contributed by atoms with van der Waals surface area (Å²) in [5.41, 5.74) is 7.93. The molecule has 0 saturated carbocycles. The molecule has 4 nitrogen and oxygen atoms in total. The quantitative estimate of drug-likeness (QED) is 0.709. The fourth-order valence-corrected chi connectivity index (χ4v) is 2.34. The average molecular weight is 230 g/mol. The summed E-state index contributed by atoms with van der Waals surface area (Å²) in [7, 11) is 0. The van der Waals surface area contributed by atoms with Crippen molar-refractivity contribution < 1.29 is 0 Å². The van der Waals surface area contributed by atoms with E-state index in [1.54, 1.807) is 17.5 Å². The van der Waals surface area contributed by atoms with Gasteiger partial charge in [0.05, 0.1) is 17.4 Å². The number of nitrogens with one attached hydrogen (secondary N) is 1. The Morgan fingerprint density at radius 2 is 2.38 bits per heavy atom. The molecule has 0 aromatic carbocycles. The number of anilines is 1. The minimum absolute atomic E-state index is 0.652. The van der Waals surface area contributed by atoms with Crippen LogP contribution in [0.4, 0.5) is 5.69 Å². The highest BCUT2D eigenvalue weighted by Crippen LogP contribution is 2.16. The van der Waals surface area contributed by atoms with E-state index < -0.39 is 0 Å². The highest BCUT2D eigenvalue weighted by Gasteiger charge is 2.05. The van der Waals surface area contributed by atoms with Crippen molar-refractivity contribution in [2.45, 2.75) is 6.42 Å². The lowest BCUT2D eigenvalue weighted by molar-refractivity contribution is 1.05. The summed E-state index contributed by atoms with van der Waals surface area (Å²) in [6.07, 6.45) is 2.44. The predicted molar refractivity (Wildman–Crippen MR) is 65.4 cm³/mol. The SMILES string of the molecule is Nc1cnc2nc(Cc3cccs3)[nH]c2c1. The monoisotopic (exact) mass is 230 g/mol. The zero-order valence-corrected chi connectivity index (χ0v) is 9.29. The van der Waals surface area contributed by atoms with Crippen molar-refractivity contribution in [2.75, 3.05) is 5.73 Å². The van der Waals surface area contributed by atoms with Gasteiger partial charge in [-0.05, 0) is 17.5 Å². The van der Waals surface area contributed by atoms with Crippen molar-refractivity contribution in [3.8, 4) is 0 Å². The number of aromatic nitrogens is 3. The molecule has 0 amide bonds. The molecule has 3 aromatic rings. The Morgan fingerprint density at radius 1 is 1.44 bits per heavy atom. The lowest BCUT2D eigenvalue weighted by Crippen LogP contribution is -1.86. The van der Waals surface area contributed by atoms with Crippen LogP contribution in [0.25, 0.3) is 11.2 Å². The standard InChI is InChI=1S/C11H10N4S/c12-7-4-9-11(13-6-7)15-10(14-9)5-8-2-1-3-16-8/h1-4,6H,5,12H2,(H,13,14,15). The van der Waals surface area contributed by atoms with Crippen molar-refractivity contribution in [2.24, 2.45) is 0 Å². The molecule has 0 bridgehead atoms. The van der Waals surface area contributed by atoms with E-state index in [-0.39, 0.29) is 0 Å². The van der Waals surface area contributed by atoms with E-state index in [0.29, 0.717) is 5.69 Å². The van der Waals surface area contributed by atoms with E-state index in [1.165, 1.54) is 4.88 Å². The Kier molecular flexibility index (Phi) is 2.11. The summed E-state index contributed by atoms with van der Waals surface area (Å²) in [5.74, 6) is 0.926. The zero-order valence-electron chi connectivity index (χ0n) is 8.47. The fraction of sp³-hybridized carbons (Fsp3) is 0.0909. The van der Waals surface area contributed by atoms with Gasteiger partial charge in [-0.15, -0.1) is 11.3 Å². The number of nitrogen functional groups attached to an aromatic ring is 1. The molecule has 0 spiro atoms. The van der Waals surface area contributed by atoms with Gasteiger partial charge in [-0.2, -0.15) is 0 Å². The number of thiophene rings is 1. The number of pyridine rings is 1. The summed E-state index contributed by atoms with van der Waals surface area (Å²) in [5, 5.41) is 2.06. The lowest BCUT2D eigenvalue weighted by Gasteiger charge is -1.90.